The van der Waals surface area contributed by atoms with Gasteiger partial charge in [-0.3, -0.25) is 14.5 Å². The molecule has 0 radical (unpaired) electrons. The topological polar surface area (TPSA) is 74.7 Å². The minimum atomic E-state index is -1.14. The lowest BCUT2D eigenvalue weighted by atomic mass is 9.85. The van der Waals surface area contributed by atoms with E-state index in [1.54, 1.807) is 12.1 Å². The minimum absolute atomic E-state index is 0.139. The predicted molar refractivity (Wildman–Crippen MR) is 78.8 cm³/mol. The lowest BCUT2D eigenvalue weighted by Gasteiger charge is -2.23. The molecule has 5 nitrogen and oxygen atoms in total. The maximum Gasteiger partial charge on any atom is 0.327 e. The van der Waals surface area contributed by atoms with Crippen molar-refractivity contribution in [2.45, 2.75) is 25.3 Å². The van der Waals surface area contributed by atoms with Crippen LogP contribution in [0.2, 0.25) is 0 Å². The first-order valence-corrected chi connectivity index (χ1v) is 7.38. The minimum Gasteiger partial charge on any atom is -0.480 e. The molecule has 114 valence electrons. The van der Waals surface area contributed by atoms with Crippen LogP contribution in [0.5, 0.6) is 0 Å². The van der Waals surface area contributed by atoms with Gasteiger partial charge in [0.05, 0.1) is 11.8 Å². The van der Waals surface area contributed by atoms with Crippen LogP contribution in [-0.4, -0.2) is 33.8 Å². The molecule has 2 amide bonds. The molecule has 22 heavy (non-hydrogen) atoms. The van der Waals surface area contributed by atoms with Gasteiger partial charge >= 0.3 is 5.97 Å². The number of hydrogen-bond donors (Lipinski definition) is 1. The summed E-state index contributed by atoms with van der Waals surface area (Å²) in [5, 5.41) is 9.50. The molecule has 1 aliphatic carbocycles. The van der Waals surface area contributed by atoms with Crippen molar-refractivity contribution in [1.29, 1.82) is 0 Å². The number of allylic oxidation sites excluding steroid dienone is 2. The Balaban J connectivity index is 1.87. The number of nitrogens with zero attached hydrogens (tertiary/aromatic N) is 1. The van der Waals surface area contributed by atoms with E-state index in [-0.39, 0.29) is 18.2 Å². The molecule has 1 heterocycles. The second-order valence-electron chi connectivity index (χ2n) is 5.75. The summed E-state index contributed by atoms with van der Waals surface area (Å²) in [6.07, 6.45) is 4.96. The Hall–Kier alpha value is -2.43. The van der Waals surface area contributed by atoms with Gasteiger partial charge in [-0.15, -0.1) is 0 Å². The standard InChI is InChI=1S/C17H17NO4/c19-15-12-8-4-5-9-13(12)16(20)18(15)14(17(21)22)10-11-6-2-1-3-7-11/h1-7,12-14H,8-10H2,(H,21,22)/t12-,13+,14-/m1/s1. The van der Waals surface area contributed by atoms with E-state index in [4.69, 9.17) is 0 Å². The van der Waals surface area contributed by atoms with Gasteiger partial charge in [0.25, 0.3) is 0 Å². The molecule has 0 bridgehead atoms. The SMILES string of the molecule is O=C(O)[C@@H](Cc1ccccc1)N1C(=O)[C@H]2CC=CC[C@H]2C1=O. The highest BCUT2D eigenvalue weighted by Gasteiger charge is 2.51. The highest BCUT2D eigenvalue weighted by atomic mass is 16.4. The first-order valence-electron chi connectivity index (χ1n) is 7.38. The Kier molecular flexibility index (Phi) is 3.79. The lowest BCUT2D eigenvalue weighted by molar-refractivity contribution is -0.155. The molecular weight excluding hydrogens is 282 g/mol. The summed E-state index contributed by atoms with van der Waals surface area (Å²) >= 11 is 0. The fraction of sp³-hybridized carbons (Fsp3) is 0.353. The molecule has 3 atom stereocenters. The van der Waals surface area contributed by atoms with Gasteiger partial charge in [-0.25, -0.2) is 4.79 Å². The molecule has 2 aliphatic rings. The van der Waals surface area contributed by atoms with Crippen molar-refractivity contribution >= 4 is 17.8 Å². The third-order valence-corrected chi connectivity index (χ3v) is 4.41. The maximum absolute atomic E-state index is 12.5. The van der Waals surface area contributed by atoms with Crippen LogP contribution in [-0.2, 0) is 20.8 Å². The summed E-state index contributed by atoms with van der Waals surface area (Å²) in [7, 11) is 0. The number of amides is 2. The van der Waals surface area contributed by atoms with E-state index < -0.39 is 23.8 Å². The monoisotopic (exact) mass is 299 g/mol. The fourth-order valence-corrected chi connectivity index (χ4v) is 3.26. The van der Waals surface area contributed by atoms with Crippen molar-refractivity contribution in [2.24, 2.45) is 11.8 Å². The summed E-state index contributed by atoms with van der Waals surface area (Å²) in [6, 6.07) is 7.93. The number of likely N-dealkylation sites (tertiary alicyclic amines) is 1. The van der Waals surface area contributed by atoms with E-state index in [2.05, 4.69) is 0 Å². The van der Waals surface area contributed by atoms with Crippen LogP contribution in [0.25, 0.3) is 0 Å². The van der Waals surface area contributed by atoms with Crippen molar-refractivity contribution in [3.8, 4) is 0 Å². The lowest BCUT2D eigenvalue weighted by Crippen LogP contribution is -2.46. The number of imide groups is 1. The van der Waals surface area contributed by atoms with Crippen LogP contribution in [0.4, 0.5) is 0 Å². The first-order chi connectivity index (χ1) is 10.6. The van der Waals surface area contributed by atoms with Gasteiger partial charge in [0.15, 0.2) is 0 Å². The van der Waals surface area contributed by atoms with Crippen molar-refractivity contribution in [3.05, 3.63) is 48.0 Å². The zero-order valence-electron chi connectivity index (χ0n) is 12.0. The number of carbonyl (C=O) groups excluding carboxylic acids is 2. The summed E-state index contributed by atoms with van der Waals surface area (Å²) in [4.78, 5) is 37.6. The average molecular weight is 299 g/mol. The van der Waals surface area contributed by atoms with Crippen molar-refractivity contribution in [1.82, 2.24) is 4.90 Å². The van der Waals surface area contributed by atoms with Gasteiger partial charge in [0, 0.05) is 6.42 Å². The number of carbonyl (C=O) groups is 3. The fourth-order valence-electron chi connectivity index (χ4n) is 3.26. The van der Waals surface area contributed by atoms with Crippen LogP contribution in [0.3, 0.4) is 0 Å². The van der Waals surface area contributed by atoms with Gasteiger partial charge < -0.3 is 5.11 Å². The number of fused-ring (bicyclic) bond motifs is 1. The molecule has 1 saturated heterocycles. The van der Waals surface area contributed by atoms with Gasteiger partial charge in [0.2, 0.25) is 11.8 Å². The number of aliphatic carboxylic acids is 1. The third kappa shape index (κ3) is 2.43. The Morgan fingerprint density at radius 1 is 1.09 bits per heavy atom. The zero-order valence-corrected chi connectivity index (χ0v) is 12.0. The molecule has 3 rings (SSSR count). The molecule has 1 aromatic carbocycles. The first kappa shape index (κ1) is 14.5. The zero-order chi connectivity index (χ0) is 15.7. The molecule has 1 N–H and O–H groups in total. The van der Waals surface area contributed by atoms with Crippen LogP contribution in [0.15, 0.2) is 42.5 Å². The van der Waals surface area contributed by atoms with E-state index >= 15 is 0 Å². The van der Waals surface area contributed by atoms with Crippen LogP contribution >= 0.6 is 0 Å². The van der Waals surface area contributed by atoms with E-state index in [1.807, 2.05) is 30.4 Å². The molecule has 1 aromatic rings. The Morgan fingerprint density at radius 3 is 2.14 bits per heavy atom. The van der Waals surface area contributed by atoms with Crippen molar-refractivity contribution in [3.63, 3.8) is 0 Å². The highest BCUT2D eigenvalue weighted by Crippen LogP contribution is 2.36. The highest BCUT2D eigenvalue weighted by molar-refractivity contribution is 6.08. The van der Waals surface area contributed by atoms with E-state index in [1.165, 1.54) is 0 Å². The largest absolute Gasteiger partial charge is 0.480 e. The summed E-state index contributed by atoms with van der Waals surface area (Å²) in [6.45, 7) is 0. The second-order valence-corrected chi connectivity index (χ2v) is 5.75. The van der Waals surface area contributed by atoms with Gasteiger partial charge in [-0.2, -0.15) is 0 Å². The smallest absolute Gasteiger partial charge is 0.327 e. The van der Waals surface area contributed by atoms with Crippen LogP contribution in [0.1, 0.15) is 18.4 Å². The van der Waals surface area contributed by atoms with Gasteiger partial charge in [0.1, 0.15) is 6.04 Å². The summed E-state index contributed by atoms with van der Waals surface area (Å²) in [5.74, 6) is -2.62. The Labute approximate surface area is 128 Å². The van der Waals surface area contributed by atoms with E-state index in [0.717, 1.165) is 10.5 Å². The molecule has 0 saturated carbocycles. The summed E-state index contributed by atoms with van der Waals surface area (Å²) < 4.78 is 0. The average Bonchev–Trinajstić information content (AvgIpc) is 2.78. The molecule has 5 heteroatoms. The normalized spacial score (nSPS) is 25.2. The molecule has 1 fully saturated rings. The number of rotatable bonds is 4. The Bertz CT molecular complexity index is 611. The number of carboxylic acid groups (broad SMARTS) is 1. The number of carboxylic acids is 1. The quantitative estimate of drug-likeness (QED) is 0.677. The Morgan fingerprint density at radius 2 is 1.64 bits per heavy atom. The molecule has 0 aromatic heterocycles. The third-order valence-electron chi connectivity index (χ3n) is 4.41. The second kappa shape index (κ2) is 5.75. The number of benzene rings is 1. The maximum atomic E-state index is 12.5. The van der Waals surface area contributed by atoms with Crippen LogP contribution < -0.4 is 0 Å². The molecule has 0 unspecified atom stereocenters. The van der Waals surface area contributed by atoms with Gasteiger partial charge in [-0.1, -0.05) is 42.5 Å². The predicted octanol–water partition coefficient (Wildman–Crippen LogP) is 1.63. The van der Waals surface area contributed by atoms with Crippen molar-refractivity contribution in [2.75, 3.05) is 0 Å². The van der Waals surface area contributed by atoms with E-state index in [0.29, 0.717) is 12.8 Å². The van der Waals surface area contributed by atoms with Crippen molar-refractivity contribution < 1.29 is 19.5 Å². The molecule has 0 spiro atoms. The van der Waals surface area contributed by atoms with Gasteiger partial charge in [-0.05, 0) is 18.4 Å². The van der Waals surface area contributed by atoms with E-state index in [9.17, 15) is 19.5 Å². The molecule has 1 aliphatic heterocycles. The number of hydrogen-bond acceptors (Lipinski definition) is 3. The molecular formula is C17H17NO4. The summed E-state index contributed by atoms with van der Waals surface area (Å²) in [5.41, 5.74) is 0.795. The van der Waals surface area contributed by atoms with Crippen LogP contribution in [0, 0.1) is 11.8 Å².